The highest BCUT2D eigenvalue weighted by Gasteiger charge is 2.24. The largest absolute Gasteiger partial charge is 0.348 e. The Morgan fingerprint density at radius 2 is 2.45 bits per heavy atom. The second-order valence-electron chi connectivity index (χ2n) is 5.50. The molecule has 0 spiro atoms. The monoisotopic (exact) mass is 295 g/mol. The van der Waals surface area contributed by atoms with Gasteiger partial charge in [0.2, 0.25) is 5.91 Å². The SMILES string of the molecule is CC(NC(=O)CN1CCCCC1CCN)c1cccs1. The van der Waals surface area contributed by atoms with Gasteiger partial charge in [0.05, 0.1) is 12.6 Å². The van der Waals surface area contributed by atoms with E-state index in [0.29, 0.717) is 19.1 Å². The van der Waals surface area contributed by atoms with Crippen molar-refractivity contribution in [2.24, 2.45) is 5.73 Å². The molecule has 2 unspecified atom stereocenters. The molecular weight excluding hydrogens is 270 g/mol. The maximum absolute atomic E-state index is 12.2. The van der Waals surface area contributed by atoms with Gasteiger partial charge in [-0.05, 0) is 50.7 Å². The quantitative estimate of drug-likeness (QED) is 0.845. The van der Waals surface area contributed by atoms with Gasteiger partial charge < -0.3 is 11.1 Å². The van der Waals surface area contributed by atoms with Gasteiger partial charge in [0.1, 0.15) is 0 Å². The third-order valence-corrected chi connectivity index (χ3v) is 5.00. The summed E-state index contributed by atoms with van der Waals surface area (Å²) in [6, 6.07) is 4.66. The van der Waals surface area contributed by atoms with Crippen LogP contribution in [0.5, 0.6) is 0 Å². The summed E-state index contributed by atoms with van der Waals surface area (Å²) < 4.78 is 0. The number of piperidine rings is 1. The first-order valence-electron chi connectivity index (χ1n) is 7.47. The average Bonchev–Trinajstić information content (AvgIpc) is 2.95. The molecule has 0 radical (unpaired) electrons. The Morgan fingerprint density at radius 1 is 1.60 bits per heavy atom. The molecule has 1 aliphatic heterocycles. The molecule has 1 saturated heterocycles. The fourth-order valence-electron chi connectivity index (χ4n) is 2.87. The summed E-state index contributed by atoms with van der Waals surface area (Å²) in [5.74, 6) is 0.120. The van der Waals surface area contributed by atoms with E-state index >= 15 is 0 Å². The second-order valence-corrected chi connectivity index (χ2v) is 6.48. The minimum Gasteiger partial charge on any atom is -0.348 e. The van der Waals surface area contributed by atoms with E-state index in [4.69, 9.17) is 5.73 Å². The van der Waals surface area contributed by atoms with E-state index in [1.165, 1.54) is 24.1 Å². The van der Waals surface area contributed by atoms with Crippen LogP contribution in [0.4, 0.5) is 0 Å². The fraction of sp³-hybridized carbons (Fsp3) is 0.667. The molecule has 20 heavy (non-hydrogen) atoms. The van der Waals surface area contributed by atoms with Crippen molar-refractivity contribution >= 4 is 17.2 Å². The molecule has 3 N–H and O–H groups in total. The Bertz CT molecular complexity index is 405. The first-order valence-corrected chi connectivity index (χ1v) is 8.35. The summed E-state index contributed by atoms with van der Waals surface area (Å²) in [6.07, 6.45) is 4.61. The van der Waals surface area contributed by atoms with Gasteiger partial charge in [0.15, 0.2) is 0 Å². The number of amides is 1. The average molecular weight is 295 g/mol. The highest BCUT2D eigenvalue weighted by Crippen LogP contribution is 2.20. The second kappa shape index (κ2) is 7.76. The van der Waals surface area contributed by atoms with Crippen LogP contribution in [0.1, 0.15) is 43.5 Å². The van der Waals surface area contributed by atoms with Gasteiger partial charge in [0, 0.05) is 10.9 Å². The molecule has 0 bridgehead atoms. The minimum absolute atomic E-state index is 0.0975. The van der Waals surface area contributed by atoms with Crippen LogP contribution in [-0.4, -0.2) is 36.5 Å². The van der Waals surface area contributed by atoms with Gasteiger partial charge in [-0.25, -0.2) is 0 Å². The highest BCUT2D eigenvalue weighted by molar-refractivity contribution is 7.10. The third kappa shape index (κ3) is 4.30. The lowest BCUT2D eigenvalue weighted by Gasteiger charge is -2.35. The van der Waals surface area contributed by atoms with Crippen LogP contribution in [0.25, 0.3) is 0 Å². The van der Waals surface area contributed by atoms with Crippen LogP contribution in [0.3, 0.4) is 0 Å². The molecule has 1 aromatic heterocycles. The third-order valence-electron chi connectivity index (χ3n) is 3.94. The lowest BCUT2D eigenvalue weighted by molar-refractivity contribution is -0.123. The number of thiophene rings is 1. The fourth-order valence-corrected chi connectivity index (χ4v) is 3.60. The van der Waals surface area contributed by atoms with Crippen molar-refractivity contribution in [3.05, 3.63) is 22.4 Å². The summed E-state index contributed by atoms with van der Waals surface area (Å²) in [4.78, 5) is 15.7. The standard InChI is InChI=1S/C15H25N3OS/c1-12(14-6-4-10-20-14)17-15(19)11-18-9-3-2-5-13(18)7-8-16/h4,6,10,12-13H,2-3,5,7-9,11,16H2,1H3,(H,17,19). The Kier molecular flexibility index (Phi) is 6.01. The molecule has 5 heteroatoms. The molecular formula is C15H25N3OS. The van der Waals surface area contributed by atoms with Crippen LogP contribution in [0.2, 0.25) is 0 Å². The highest BCUT2D eigenvalue weighted by atomic mass is 32.1. The van der Waals surface area contributed by atoms with E-state index in [1.54, 1.807) is 11.3 Å². The van der Waals surface area contributed by atoms with Gasteiger partial charge in [-0.3, -0.25) is 9.69 Å². The maximum atomic E-state index is 12.2. The first-order chi connectivity index (χ1) is 9.70. The number of nitrogens with one attached hydrogen (secondary N) is 1. The normalized spacial score (nSPS) is 21.6. The van der Waals surface area contributed by atoms with Crippen molar-refractivity contribution < 1.29 is 4.79 Å². The van der Waals surface area contributed by atoms with Gasteiger partial charge >= 0.3 is 0 Å². The zero-order valence-corrected chi connectivity index (χ0v) is 13.0. The molecule has 0 aromatic carbocycles. The number of hydrogen-bond acceptors (Lipinski definition) is 4. The Balaban J connectivity index is 1.83. The molecule has 2 atom stereocenters. The molecule has 1 fully saturated rings. The molecule has 0 aliphatic carbocycles. The number of nitrogens with zero attached hydrogens (tertiary/aromatic N) is 1. The van der Waals surface area contributed by atoms with Crippen LogP contribution in [-0.2, 0) is 4.79 Å². The molecule has 1 aromatic rings. The summed E-state index contributed by atoms with van der Waals surface area (Å²) in [7, 11) is 0. The van der Waals surface area contributed by atoms with Crippen molar-refractivity contribution in [2.45, 2.75) is 44.7 Å². The minimum atomic E-state index is 0.0975. The van der Waals surface area contributed by atoms with Gasteiger partial charge in [-0.2, -0.15) is 0 Å². The van der Waals surface area contributed by atoms with E-state index in [-0.39, 0.29) is 11.9 Å². The molecule has 4 nitrogen and oxygen atoms in total. The number of hydrogen-bond donors (Lipinski definition) is 2. The number of carbonyl (C=O) groups excluding carboxylic acids is 1. The van der Waals surface area contributed by atoms with Crippen molar-refractivity contribution in [3.63, 3.8) is 0 Å². The Morgan fingerprint density at radius 3 is 3.15 bits per heavy atom. The number of rotatable bonds is 6. The maximum Gasteiger partial charge on any atom is 0.234 e. The predicted molar refractivity (Wildman–Crippen MR) is 83.8 cm³/mol. The van der Waals surface area contributed by atoms with Crippen LogP contribution in [0.15, 0.2) is 17.5 Å². The van der Waals surface area contributed by atoms with Crippen molar-refractivity contribution in [2.75, 3.05) is 19.6 Å². The molecule has 0 saturated carbocycles. The first kappa shape index (κ1) is 15.5. The smallest absolute Gasteiger partial charge is 0.234 e. The molecule has 1 aliphatic rings. The number of likely N-dealkylation sites (tertiary alicyclic amines) is 1. The van der Waals surface area contributed by atoms with Crippen LogP contribution < -0.4 is 11.1 Å². The molecule has 1 amide bonds. The lowest BCUT2D eigenvalue weighted by Crippen LogP contribution is -2.46. The van der Waals surface area contributed by atoms with E-state index in [9.17, 15) is 4.79 Å². The summed E-state index contributed by atoms with van der Waals surface area (Å²) in [6.45, 7) is 4.26. The van der Waals surface area contributed by atoms with Crippen molar-refractivity contribution in [1.29, 1.82) is 0 Å². The van der Waals surface area contributed by atoms with E-state index in [0.717, 1.165) is 13.0 Å². The predicted octanol–water partition coefficient (Wildman–Crippen LogP) is 2.13. The zero-order valence-electron chi connectivity index (χ0n) is 12.2. The topological polar surface area (TPSA) is 58.4 Å². The van der Waals surface area contributed by atoms with Crippen molar-refractivity contribution in [3.8, 4) is 0 Å². The summed E-state index contributed by atoms with van der Waals surface area (Å²) in [5, 5.41) is 5.13. The number of nitrogens with two attached hydrogens (primary N) is 1. The van der Waals surface area contributed by atoms with Gasteiger partial charge in [-0.15, -0.1) is 11.3 Å². The van der Waals surface area contributed by atoms with Crippen molar-refractivity contribution in [1.82, 2.24) is 10.2 Å². The van der Waals surface area contributed by atoms with E-state index in [1.807, 2.05) is 18.4 Å². The van der Waals surface area contributed by atoms with Gasteiger partial charge in [-0.1, -0.05) is 12.5 Å². The Hall–Kier alpha value is -0.910. The zero-order chi connectivity index (χ0) is 14.4. The van der Waals surface area contributed by atoms with Crippen LogP contribution >= 0.6 is 11.3 Å². The van der Waals surface area contributed by atoms with Gasteiger partial charge in [0.25, 0.3) is 0 Å². The van der Waals surface area contributed by atoms with E-state index < -0.39 is 0 Å². The molecule has 2 rings (SSSR count). The Labute approximate surface area is 125 Å². The van der Waals surface area contributed by atoms with Crippen LogP contribution in [0, 0.1) is 0 Å². The lowest BCUT2D eigenvalue weighted by atomic mass is 9.99. The summed E-state index contributed by atoms with van der Waals surface area (Å²) in [5.41, 5.74) is 5.67. The molecule has 2 heterocycles. The van der Waals surface area contributed by atoms with E-state index in [2.05, 4.69) is 16.3 Å². The number of carbonyl (C=O) groups is 1. The summed E-state index contributed by atoms with van der Waals surface area (Å²) >= 11 is 1.68. The molecule has 112 valence electrons.